The molecule has 0 unspecified atom stereocenters. The van der Waals surface area contributed by atoms with Gasteiger partial charge in [0.25, 0.3) is 0 Å². The van der Waals surface area contributed by atoms with Crippen LogP contribution in [0.5, 0.6) is 0 Å². The lowest BCUT2D eigenvalue weighted by Crippen LogP contribution is -2.17. The summed E-state index contributed by atoms with van der Waals surface area (Å²) in [6, 6.07) is 28.8. The summed E-state index contributed by atoms with van der Waals surface area (Å²) >= 11 is 0. The van der Waals surface area contributed by atoms with E-state index in [1.54, 1.807) is 0 Å². The molecule has 22 heavy (non-hydrogen) atoms. The summed E-state index contributed by atoms with van der Waals surface area (Å²) in [6.07, 6.45) is 1.15. The third-order valence-corrected chi connectivity index (χ3v) is 8.60. The standard InChI is InChI=1S/C21H19P/c1-17-9-8-10-18-15-22(16-21(17)18,19-11-4-2-5-12-19)20-13-6-3-7-14-20/h2-14,16H,15H2,1H3. The lowest BCUT2D eigenvalue weighted by atomic mass is 10.1. The van der Waals surface area contributed by atoms with Crippen LogP contribution in [0.1, 0.15) is 16.7 Å². The van der Waals surface area contributed by atoms with Crippen LogP contribution >= 0.6 is 6.89 Å². The van der Waals surface area contributed by atoms with E-state index in [0.717, 1.165) is 6.16 Å². The average Bonchev–Trinajstić information content (AvgIpc) is 2.99. The third kappa shape index (κ3) is 2.07. The van der Waals surface area contributed by atoms with Crippen LogP contribution in [-0.4, -0.2) is 5.80 Å². The fraction of sp³-hybridized carbons (Fsp3) is 0.0952. The van der Waals surface area contributed by atoms with Crippen molar-refractivity contribution in [2.24, 2.45) is 0 Å². The third-order valence-electron chi connectivity index (χ3n) is 4.62. The van der Waals surface area contributed by atoms with Crippen LogP contribution in [0, 0.1) is 6.92 Å². The molecule has 0 atom stereocenters. The Kier molecular flexibility index (Phi) is 3.28. The highest BCUT2D eigenvalue weighted by Gasteiger charge is 2.29. The summed E-state index contributed by atoms with van der Waals surface area (Å²) in [4.78, 5) is 0. The summed E-state index contributed by atoms with van der Waals surface area (Å²) in [7, 11) is 0. The lowest BCUT2D eigenvalue weighted by molar-refractivity contribution is 1.35. The van der Waals surface area contributed by atoms with Gasteiger partial charge in [0.15, 0.2) is 0 Å². The maximum Gasteiger partial charge on any atom is 0.000732 e. The maximum atomic E-state index is 2.59. The van der Waals surface area contributed by atoms with E-state index in [4.69, 9.17) is 0 Å². The Morgan fingerprint density at radius 3 is 1.82 bits per heavy atom. The minimum Gasteiger partial charge on any atom is -0.0622 e. The summed E-state index contributed by atoms with van der Waals surface area (Å²) in [6.45, 7) is 0.742. The van der Waals surface area contributed by atoms with Gasteiger partial charge in [-0.3, -0.25) is 0 Å². The number of aryl methyl sites for hydroxylation is 1. The van der Waals surface area contributed by atoms with E-state index in [0.29, 0.717) is 0 Å². The van der Waals surface area contributed by atoms with E-state index < -0.39 is 6.89 Å². The molecule has 0 N–H and O–H groups in total. The van der Waals surface area contributed by atoms with E-state index in [1.807, 2.05) is 0 Å². The largest absolute Gasteiger partial charge is 0.0622 e. The van der Waals surface area contributed by atoms with Crippen molar-refractivity contribution in [1.82, 2.24) is 0 Å². The Hall–Kier alpha value is -2.04. The first kappa shape index (κ1) is 13.6. The zero-order valence-electron chi connectivity index (χ0n) is 12.7. The molecular formula is C21H19P. The van der Waals surface area contributed by atoms with Crippen LogP contribution in [0.25, 0.3) is 0 Å². The molecule has 3 aromatic rings. The first-order chi connectivity index (χ1) is 10.8. The molecule has 0 saturated heterocycles. The van der Waals surface area contributed by atoms with Crippen molar-refractivity contribution in [3.05, 3.63) is 95.6 Å². The van der Waals surface area contributed by atoms with Gasteiger partial charge in [-0.2, -0.15) is 0 Å². The normalized spacial score (nSPS) is 15.1. The second-order valence-electron chi connectivity index (χ2n) is 5.97. The van der Waals surface area contributed by atoms with Crippen LogP contribution in [0.3, 0.4) is 0 Å². The monoisotopic (exact) mass is 302 g/mol. The van der Waals surface area contributed by atoms with Crippen molar-refractivity contribution >= 4 is 23.3 Å². The molecule has 0 aliphatic carbocycles. The summed E-state index contributed by atoms with van der Waals surface area (Å²) in [5, 5.41) is 2.97. The van der Waals surface area contributed by atoms with Crippen molar-refractivity contribution in [3.8, 4) is 0 Å². The molecule has 1 heteroatoms. The van der Waals surface area contributed by atoms with E-state index >= 15 is 0 Å². The predicted octanol–water partition coefficient (Wildman–Crippen LogP) is 4.33. The van der Waals surface area contributed by atoms with Crippen LogP contribution in [0.2, 0.25) is 0 Å². The molecule has 0 saturated carbocycles. The van der Waals surface area contributed by atoms with Crippen molar-refractivity contribution in [3.63, 3.8) is 0 Å². The molecule has 1 aliphatic heterocycles. The Morgan fingerprint density at radius 1 is 0.682 bits per heavy atom. The Balaban J connectivity index is 2.02. The molecule has 0 radical (unpaired) electrons. The smallest absolute Gasteiger partial charge is 0.000732 e. The number of hydrogen-bond acceptors (Lipinski definition) is 0. The molecule has 0 spiro atoms. The Morgan fingerprint density at radius 2 is 1.27 bits per heavy atom. The summed E-state index contributed by atoms with van der Waals surface area (Å²) < 4.78 is 0. The van der Waals surface area contributed by atoms with Crippen LogP contribution in [-0.2, 0) is 6.16 Å². The molecule has 0 bridgehead atoms. The highest BCUT2D eigenvalue weighted by atomic mass is 31.2. The molecule has 0 aromatic heterocycles. The maximum absolute atomic E-state index is 2.59. The Labute approximate surface area is 132 Å². The molecule has 3 aromatic carbocycles. The molecule has 1 aliphatic rings. The van der Waals surface area contributed by atoms with Gasteiger partial charge in [-0.25, -0.2) is 0 Å². The minimum absolute atomic E-state index is 1.15. The molecule has 108 valence electrons. The molecule has 0 amide bonds. The lowest BCUT2D eigenvalue weighted by Gasteiger charge is -2.24. The van der Waals surface area contributed by atoms with Gasteiger partial charge in [-0.05, 0) is 46.9 Å². The average molecular weight is 302 g/mol. The SMILES string of the molecule is Cc1cccc2c1C=P(c1ccccc1)(c1ccccc1)C2. The minimum atomic E-state index is -1.49. The van der Waals surface area contributed by atoms with Gasteiger partial charge >= 0.3 is 0 Å². The molecule has 4 rings (SSSR count). The van der Waals surface area contributed by atoms with Gasteiger partial charge in [0.2, 0.25) is 0 Å². The number of rotatable bonds is 2. The zero-order chi connectivity index (χ0) is 15.0. The molecule has 0 fully saturated rings. The number of benzene rings is 3. The Bertz CT molecular complexity index is 817. The van der Waals surface area contributed by atoms with Crippen molar-refractivity contribution in [1.29, 1.82) is 0 Å². The van der Waals surface area contributed by atoms with Gasteiger partial charge in [-0.15, -0.1) is 0 Å². The van der Waals surface area contributed by atoms with Gasteiger partial charge in [0, 0.05) is 6.16 Å². The van der Waals surface area contributed by atoms with Crippen LogP contribution < -0.4 is 10.6 Å². The first-order valence-corrected chi connectivity index (χ1v) is 9.77. The van der Waals surface area contributed by atoms with Crippen molar-refractivity contribution < 1.29 is 0 Å². The predicted molar refractivity (Wildman–Crippen MR) is 99.1 cm³/mol. The summed E-state index contributed by atoms with van der Waals surface area (Å²) in [5.41, 5.74) is 4.36. The van der Waals surface area contributed by atoms with Gasteiger partial charge in [0.05, 0.1) is 0 Å². The number of fused-ring (bicyclic) bond motifs is 1. The van der Waals surface area contributed by atoms with Gasteiger partial charge in [-0.1, -0.05) is 78.9 Å². The highest BCUT2D eigenvalue weighted by molar-refractivity contribution is 7.88. The van der Waals surface area contributed by atoms with Crippen molar-refractivity contribution in [2.45, 2.75) is 13.1 Å². The quantitative estimate of drug-likeness (QED) is 0.618. The van der Waals surface area contributed by atoms with Crippen LogP contribution in [0.15, 0.2) is 78.9 Å². The molecule has 0 nitrogen and oxygen atoms in total. The van der Waals surface area contributed by atoms with E-state index in [-0.39, 0.29) is 0 Å². The van der Waals surface area contributed by atoms with Crippen molar-refractivity contribution in [2.75, 3.05) is 0 Å². The van der Waals surface area contributed by atoms with E-state index in [9.17, 15) is 0 Å². The first-order valence-electron chi connectivity index (χ1n) is 7.73. The second-order valence-corrected chi connectivity index (χ2v) is 9.32. The summed E-state index contributed by atoms with van der Waals surface area (Å²) in [5.74, 6) is 2.59. The topological polar surface area (TPSA) is 0 Å². The highest BCUT2D eigenvalue weighted by Crippen LogP contribution is 2.53. The fourth-order valence-corrected chi connectivity index (χ4v) is 7.55. The fourth-order valence-electron chi connectivity index (χ4n) is 3.47. The van der Waals surface area contributed by atoms with E-state index in [2.05, 4.69) is 91.6 Å². The molecular weight excluding hydrogens is 283 g/mol. The van der Waals surface area contributed by atoms with Gasteiger partial charge < -0.3 is 0 Å². The van der Waals surface area contributed by atoms with Crippen LogP contribution in [0.4, 0.5) is 0 Å². The second kappa shape index (κ2) is 5.30. The molecule has 1 heterocycles. The van der Waals surface area contributed by atoms with E-state index in [1.165, 1.54) is 27.3 Å². The zero-order valence-corrected chi connectivity index (χ0v) is 13.6. The number of hydrogen-bond donors (Lipinski definition) is 0. The van der Waals surface area contributed by atoms with Gasteiger partial charge in [0.1, 0.15) is 0 Å².